The van der Waals surface area contributed by atoms with Crippen molar-refractivity contribution in [1.82, 2.24) is 4.90 Å². The van der Waals surface area contributed by atoms with Gasteiger partial charge in [-0.05, 0) is 62.2 Å². The number of nitrogens with zero attached hydrogens (tertiary/aromatic N) is 1. The number of benzene rings is 2. The number of carbonyl (C=O) groups excluding carboxylic acids is 1. The van der Waals surface area contributed by atoms with Gasteiger partial charge >= 0.3 is 0 Å². The first-order chi connectivity index (χ1) is 14.0. The number of hydrogen-bond acceptors (Lipinski definition) is 5. The fourth-order valence-electron chi connectivity index (χ4n) is 3.92. The lowest BCUT2D eigenvalue weighted by Crippen LogP contribution is -2.38. The zero-order valence-corrected chi connectivity index (χ0v) is 17.7. The number of rotatable bonds is 8. The SMILES string of the molecule is CCOc1ccc(CN2CCCC(C(=O)c3cc(Cl)ccc3OC)C2)cc1CO. The largest absolute Gasteiger partial charge is 0.496 e. The highest BCUT2D eigenvalue weighted by Gasteiger charge is 2.28. The van der Waals surface area contributed by atoms with E-state index in [4.69, 9.17) is 21.1 Å². The van der Waals surface area contributed by atoms with Crippen molar-refractivity contribution in [3.63, 3.8) is 0 Å². The number of ether oxygens (including phenoxy) is 2. The monoisotopic (exact) mass is 417 g/mol. The van der Waals surface area contributed by atoms with Gasteiger partial charge in [-0.3, -0.25) is 9.69 Å². The Kier molecular flexibility index (Phi) is 7.53. The molecule has 5 nitrogen and oxygen atoms in total. The predicted molar refractivity (Wildman–Crippen MR) is 114 cm³/mol. The second kappa shape index (κ2) is 10.1. The van der Waals surface area contributed by atoms with Crippen molar-refractivity contribution in [2.75, 3.05) is 26.8 Å². The van der Waals surface area contributed by atoms with Crippen LogP contribution < -0.4 is 9.47 Å². The molecule has 1 unspecified atom stereocenters. The van der Waals surface area contributed by atoms with Gasteiger partial charge in [-0.25, -0.2) is 0 Å². The topological polar surface area (TPSA) is 59.0 Å². The van der Waals surface area contributed by atoms with E-state index in [-0.39, 0.29) is 18.3 Å². The fraction of sp³-hybridized carbons (Fsp3) is 0.435. The Morgan fingerprint density at radius 1 is 1.24 bits per heavy atom. The average Bonchev–Trinajstić information content (AvgIpc) is 2.74. The molecule has 0 aliphatic carbocycles. The lowest BCUT2D eigenvalue weighted by atomic mass is 9.89. The summed E-state index contributed by atoms with van der Waals surface area (Å²) in [5, 5.41) is 10.2. The quantitative estimate of drug-likeness (QED) is 0.647. The molecule has 1 heterocycles. The minimum atomic E-state index is -0.0869. The number of piperidine rings is 1. The summed E-state index contributed by atoms with van der Waals surface area (Å²) in [7, 11) is 1.57. The first-order valence-electron chi connectivity index (χ1n) is 10.0. The molecule has 6 heteroatoms. The third kappa shape index (κ3) is 5.30. The van der Waals surface area contributed by atoms with E-state index >= 15 is 0 Å². The Hall–Kier alpha value is -2.08. The number of Topliss-reactive ketones (excluding diaryl/α,β-unsaturated/α-hetero) is 1. The standard InChI is InChI=1S/C23H28ClNO4/c1-3-29-21-8-6-16(11-18(21)15-26)13-25-10-4-5-17(14-25)23(27)20-12-19(24)7-9-22(20)28-2/h6-9,11-12,17,26H,3-5,10,13-15H2,1-2H3. The number of hydrogen-bond donors (Lipinski definition) is 1. The molecule has 2 aromatic rings. The number of ketones is 1. The summed E-state index contributed by atoms with van der Waals surface area (Å²) in [6.45, 7) is 4.80. The van der Waals surface area contributed by atoms with Gasteiger partial charge < -0.3 is 14.6 Å². The second-order valence-corrected chi connectivity index (χ2v) is 7.75. The lowest BCUT2D eigenvalue weighted by molar-refractivity contribution is 0.0808. The molecule has 1 N–H and O–H groups in total. The van der Waals surface area contributed by atoms with Gasteiger partial charge in [-0.15, -0.1) is 0 Å². The molecule has 1 aliphatic heterocycles. The van der Waals surface area contributed by atoms with Gasteiger partial charge in [0, 0.05) is 29.6 Å². The van der Waals surface area contributed by atoms with E-state index < -0.39 is 0 Å². The highest BCUT2D eigenvalue weighted by Crippen LogP contribution is 2.29. The summed E-state index contributed by atoms with van der Waals surface area (Å²) in [6, 6.07) is 11.1. The molecule has 3 rings (SSSR count). The minimum absolute atomic E-state index is 0.0567. The van der Waals surface area contributed by atoms with Crippen LogP contribution in [0.5, 0.6) is 11.5 Å². The van der Waals surface area contributed by atoms with Gasteiger partial charge in [0.15, 0.2) is 5.78 Å². The van der Waals surface area contributed by atoms with E-state index in [2.05, 4.69) is 4.90 Å². The Morgan fingerprint density at radius 3 is 2.76 bits per heavy atom. The van der Waals surface area contributed by atoms with Crippen LogP contribution in [0.3, 0.4) is 0 Å². The van der Waals surface area contributed by atoms with Crippen LogP contribution in [0.1, 0.15) is 41.3 Å². The lowest BCUT2D eigenvalue weighted by Gasteiger charge is -2.32. The number of carbonyl (C=O) groups is 1. The smallest absolute Gasteiger partial charge is 0.170 e. The summed E-state index contributed by atoms with van der Waals surface area (Å²) in [4.78, 5) is 15.4. The van der Waals surface area contributed by atoms with Crippen molar-refractivity contribution in [1.29, 1.82) is 0 Å². The van der Waals surface area contributed by atoms with Gasteiger partial charge in [0.25, 0.3) is 0 Å². The predicted octanol–water partition coefficient (Wildman–Crippen LogP) is 4.33. The molecule has 1 aliphatic rings. The number of aliphatic hydroxyl groups excluding tert-OH is 1. The fourth-order valence-corrected chi connectivity index (χ4v) is 4.09. The third-order valence-corrected chi connectivity index (χ3v) is 5.54. The van der Waals surface area contributed by atoms with E-state index in [0.717, 1.165) is 42.8 Å². The van der Waals surface area contributed by atoms with Crippen molar-refractivity contribution < 1.29 is 19.4 Å². The van der Waals surface area contributed by atoms with Crippen molar-refractivity contribution in [3.8, 4) is 11.5 Å². The molecule has 0 saturated carbocycles. The zero-order valence-electron chi connectivity index (χ0n) is 17.0. The molecule has 0 bridgehead atoms. The highest BCUT2D eigenvalue weighted by molar-refractivity contribution is 6.31. The normalized spacial score (nSPS) is 17.2. The van der Waals surface area contributed by atoms with E-state index in [1.54, 1.807) is 25.3 Å². The summed E-state index contributed by atoms with van der Waals surface area (Å²) >= 11 is 6.11. The van der Waals surface area contributed by atoms with Crippen LogP contribution in [0.15, 0.2) is 36.4 Å². The Bertz CT molecular complexity index is 855. The van der Waals surface area contributed by atoms with Crippen molar-refractivity contribution in [2.45, 2.75) is 32.9 Å². The molecule has 2 aromatic carbocycles. The van der Waals surface area contributed by atoms with Crippen LogP contribution >= 0.6 is 11.6 Å². The molecule has 29 heavy (non-hydrogen) atoms. The molecule has 1 atom stereocenters. The van der Waals surface area contributed by atoms with Gasteiger partial charge in [-0.2, -0.15) is 0 Å². The minimum Gasteiger partial charge on any atom is -0.496 e. The van der Waals surface area contributed by atoms with E-state index in [9.17, 15) is 9.90 Å². The Labute approximate surface area is 177 Å². The molecule has 0 aromatic heterocycles. The molecule has 0 spiro atoms. The van der Waals surface area contributed by atoms with Crippen molar-refractivity contribution in [2.24, 2.45) is 5.92 Å². The van der Waals surface area contributed by atoms with Gasteiger partial charge in [0.2, 0.25) is 0 Å². The molecule has 156 valence electrons. The van der Waals surface area contributed by atoms with Crippen LogP contribution in [0.25, 0.3) is 0 Å². The van der Waals surface area contributed by atoms with Gasteiger partial charge in [0.1, 0.15) is 11.5 Å². The highest BCUT2D eigenvalue weighted by atomic mass is 35.5. The molecule has 0 amide bonds. The van der Waals surface area contributed by atoms with Crippen LogP contribution in [0.4, 0.5) is 0 Å². The van der Waals surface area contributed by atoms with Crippen molar-refractivity contribution >= 4 is 17.4 Å². The van der Waals surface area contributed by atoms with Crippen LogP contribution in [-0.4, -0.2) is 42.6 Å². The second-order valence-electron chi connectivity index (χ2n) is 7.32. The molecule has 0 radical (unpaired) electrons. The summed E-state index contributed by atoms with van der Waals surface area (Å²) in [5.41, 5.74) is 2.44. The average molecular weight is 418 g/mol. The van der Waals surface area contributed by atoms with Crippen LogP contribution in [0, 0.1) is 5.92 Å². The maximum atomic E-state index is 13.1. The van der Waals surface area contributed by atoms with Gasteiger partial charge in [0.05, 0.1) is 25.9 Å². The first kappa shape index (κ1) is 21.6. The summed E-state index contributed by atoms with van der Waals surface area (Å²) in [6.07, 6.45) is 1.82. The van der Waals surface area contributed by atoms with Crippen molar-refractivity contribution in [3.05, 3.63) is 58.1 Å². The summed E-state index contributed by atoms with van der Waals surface area (Å²) < 4.78 is 10.9. The molecular formula is C23H28ClNO4. The molecule has 1 saturated heterocycles. The first-order valence-corrected chi connectivity index (χ1v) is 10.4. The van der Waals surface area contributed by atoms with Gasteiger partial charge in [-0.1, -0.05) is 17.7 Å². The number of likely N-dealkylation sites (tertiary alicyclic amines) is 1. The molecule has 1 fully saturated rings. The van der Waals surface area contributed by atoms with E-state index in [0.29, 0.717) is 29.5 Å². The maximum absolute atomic E-state index is 13.1. The Balaban J connectivity index is 1.71. The number of halogens is 1. The molecular weight excluding hydrogens is 390 g/mol. The van der Waals surface area contributed by atoms with E-state index in [1.807, 2.05) is 25.1 Å². The third-order valence-electron chi connectivity index (χ3n) is 5.30. The summed E-state index contributed by atoms with van der Waals surface area (Å²) in [5.74, 6) is 1.28. The van der Waals surface area contributed by atoms with Crippen LogP contribution in [-0.2, 0) is 13.2 Å². The van der Waals surface area contributed by atoms with E-state index in [1.165, 1.54) is 0 Å². The maximum Gasteiger partial charge on any atom is 0.170 e. The number of aliphatic hydroxyl groups is 1. The number of methoxy groups -OCH3 is 1. The van der Waals surface area contributed by atoms with Crippen LogP contribution in [0.2, 0.25) is 5.02 Å². The Morgan fingerprint density at radius 2 is 2.03 bits per heavy atom. The zero-order chi connectivity index (χ0) is 20.8.